The van der Waals surface area contributed by atoms with Gasteiger partial charge in [-0.3, -0.25) is 14.5 Å². The van der Waals surface area contributed by atoms with Crippen molar-refractivity contribution in [2.45, 2.75) is 13.2 Å². The molecule has 5 nitrogen and oxygen atoms in total. The maximum Gasteiger partial charge on any atom is 0.293 e. The van der Waals surface area contributed by atoms with E-state index in [4.69, 9.17) is 21.1 Å². The molecule has 0 N–H and O–H groups in total. The van der Waals surface area contributed by atoms with Crippen molar-refractivity contribution in [2.75, 3.05) is 7.11 Å². The van der Waals surface area contributed by atoms with Crippen LogP contribution in [0.2, 0.25) is 5.02 Å². The molecule has 2 amide bonds. The number of carbonyl (C=O) groups is 2. The number of carbonyl (C=O) groups excluding carboxylic acids is 2. The van der Waals surface area contributed by atoms with Crippen LogP contribution in [-0.2, 0) is 17.9 Å². The molecule has 5 rings (SSSR count). The fourth-order valence-corrected chi connectivity index (χ4v) is 5.46. The van der Waals surface area contributed by atoms with Crippen molar-refractivity contribution in [2.24, 2.45) is 0 Å². The second-order valence-electron chi connectivity index (χ2n) is 8.36. The minimum atomic E-state index is -0.339. The van der Waals surface area contributed by atoms with E-state index in [0.717, 1.165) is 38.1 Å². The summed E-state index contributed by atoms with van der Waals surface area (Å²) in [6.45, 7) is 0.520. The standard InChI is InChI=1S/C29H21BrClNO4S/c1-35-25-14-19(13-24(31)27(25)36-17-18-9-11-22(30)12-10-18)15-26-28(33)32(29(34)37-26)16-21-7-4-6-20-5-2-3-8-23(20)21/h2-15H,16-17H2,1H3/b26-15-. The van der Waals surface area contributed by atoms with Crippen LogP contribution in [0.25, 0.3) is 16.8 Å². The van der Waals surface area contributed by atoms with E-state index in [2.05, 4.69) is 15.9 Å². The monoisotopic (exact) mass is 593 g/mol. The molecule has 0 spiro atoms. The van der Waals surface area contributed by atoms with Gasteiger partial charge in [0.05, 0.1) is 23.6 Å². The van der Waals surface area contributed by atoms with Gasteiger partial charge in [0.1, 0.15) is 6.61 Å². The molecule has 1 saturated heterocycles. The summed E-state index contributed by atoms with van der Waals surface area (Å²) >= 11 is 10.9. The summed E-state index contributed by atoms with van der Waals surface area (Å²) < 4.78 is 12.4. The van der Waals surface area contributed by atoms with Gasteiger partial charge in [0, 0.05) is 4.47 Å². The van der Waals surface area contributed by atoms with Crippen molar-refractivity contribution in [3.63, 3.8) is 0 Å². The Morgan fingerprint density at radius 2 is 1.76 bits per heavy atom. The van der Waals surface area contributed by atoms with E-state index in [-0.39, 0.29) is 17.7 Å². The van der Waals surface area contributed by atoms with Gasteiger partial charge >= 0.3 is 0 Å². The Bertz CT molecular complexity index is 1530. The summed E-state index contributed by atoms with van der Waals surface area (Å²) in [6.07, 6.45) is 1.65. The number of imide groups is 1. The SMILES string of the molecule is COc1cc(/C=C2\SC(=O)N(Cc3cccc4ccccc34)C2=O)cc(Cl)c1OCc1ccc(Br)cc1. The molecule has 0 aliphatic carbocycles. The maximum absolute atomic E-state index is 13.2. The van der Waals surface area contributed by atoms with Gasteiger partial charge in [-0.15, -0.1) is 0 Å². The Morgan fingerprint density at radius 3 is 2.54 bits per heavy atom. The molecule has 0 bridgehead atoms. The predicted molar refractivity (Wildman–Crippen MR) is 152 cm³/mol. The molecular formula is C29H21BrClNO4S. The number of hydrogen-bond donors (Lipinski definition) is 0. The molecule has 8 heteroatoms. The minimum absolute atomic E-state index is 0.205. The van der Waals surface area contributed by atoms with E-state index in [1.54, 1.807) is 18.2 Å². The first-order valence-electron chi connectivity index (χ1n) is 11.4. The fraction of sp³-hybridized carbons (Fsp3) is 0.103. The Morgan fingerprint density at radius 1 is 1.00 bits per heavy atom. The average molecular weight is 595 g/mol. The van der Waals surface area contributed by atoms with Gasteiger partial charge in [-0.25, -0.2) is 0 Å². The predicted octanol–water partition coefficient (Wildman–Crippen LogP) is 8.08. The highest BCUT2D eigenvalue weighted by molar-refractivity contribution is 9.10. The summed E-state index contributed by atoms with van der Waals surface area (Å²) in [6, 6.07) is 25.0. The molecule has 0 aromatic heterocycles. The van der Waals surface area contributed by atoms with E-state index in [0.29, 0.717) is 33.6 Å². The van der Waals surface area contributed by atoms with Crippen molar-refractivity contribution in [1.82, 2.24) is 4.90 Å². The summed E-state index contributed by atoms with van der Waals surface area (Å²) in [5.74, 6) is 0.507. The fourth-order valence-electron chi connectivity index (χ4n) is 4.09. The van der Waals surface area contributed by atoms with E-state index in [1.807, 2.05) is 66.7 Å². The first kappa shape index (κ1) is 25.4. The summed E-state index contributed by atoms with van der Waals surface area (Å²) in [5, 5.41) is 2.12. The van der Waals surface area contributed by atoms with Crippen molar-refractivity contribution < 1.29 is 19.1 Å². The number of amides is 2. The normalized spacial score (nSPS) is 14.6. The van der Waals surface area contributed by atoms with Crippen LogP contribution < -0.4 is 9.47 Å². The Labute approximate surface area is 232 Å². The van der Waals surface area contributed by atoms with Crippen LogP contribution in [0.1, 0.15) is 16.7 Å². The van der Waals surface area contributed by atoms with Crippen LogP contribution in [0.3, 0.4) is 0 Å². The topological polar surface area (TPSA) is 55.8 Å². The second-order valence-corrected chi connectivity index (χ2v) is 10.7. The van der Waals surface area contributed by atoms with Gasteiger partial charge < -0.3 is 9.47 Å². The highest BCUT2D eigenvalue weighted by Crippen LogP contribution is 2.40. The number of ether oxygens (including phenoxy) is 2. The number of methoxy groups -OCH3 is 1. The van der Waals surface area contributed by atoms with Gasteiger partial charge in [0.15, 0.2) is 11.5 Å². The molecule has 1 fully saturated rings. The largest absolute Gasteiger partial charge is 0.493 e. The number of rotatable bonds is 7. The summed E-state index contributed by atoms with van der Waals surface area (Å²) in [7, 11) is 1.53. The highest BCUT2D eigenvalue weighted by atomic mass is 79.9. The smallest absolute Gasteiger partial charge is 0.293 e. The summed E-state index contributed by atoms with van der Waals surface area (Å²) in [5.41, 5.74) is 2.53. The van der Waals surface area contributed by atoms with Crippen LogP contribution in [0.5, 0.6) is 11.5 Å². The molecule has 0 radical (unpaired) electrons. The van der Waals surface area contributed by atoms with E-state index >= 15 is 0 Å². The molecule has 186 valence electrons. The lowest BCUT2D eigenvalue weighted by Crippen LogP contribution is -2.27. The third kappa shape index (κ3) is 5.54. The number of halogens is 2. The summed E-state index contributed by atoms with van der Waals surface area (Å²) in [4.78, 5) is 27.5. The number of nitrogens with zero attached hydrogens (tertiary/aromatic N) is 1. The molecule has 1 aliphatic rings. The molecule has 1 aliphatic heterocycles. The van der Waals surface area contributed by atoms with Gasteiger partial charge in [0.2, 0.25) is 0 Å². The Hall–Kier alpha value is -3.26. The first-order valence-corrected chi connectivity index (χ1v) is 13.4. The quantitative estimate of drug-likeness (QED) is 0.203. The molecule has 37 heavy (non-hydrogen) atoms. The second kappa shape index (κ2) is 11.0. The van der Waals surface area contributed by atoms with Crippen LogP contribution in [0.4, 0.5) is 4.79 Å². The maximum atomic E-state index is 13.2. The number of thioether (sulfide) groups is 1. The van der Waals surface area contributed by atoms with Gasteiger partial charge in [-0.1, -0.05) is 82.1 Å². The number of fused-ring (bicyclic) bond motifs is 1. The van der Waals surface area contributed by atoms with Crippen LogP contribution in [-0.4, -0.2) is 23.2 Å². The minimum Gasteiger partial charge on any atom is -0.493 e. The van der Waals surface area contributed by atoms with Crippen molar-refractivity contribution >= 4 is 67.3 Å². The lowest BCUT2D eigenvalue weighted by Gasteiger charge is -2.14. The van der Waals surface area contributed by atoms with Crippen LogP contribution in [0, 0.1) is 0 Å². The lowest BCUT2D eigenvalue weighted by atomic mass is 10.0. The van der Waals surface area contributed by atoms with Crippen molar-refractivity contribution in [1.29, 1.82) is 0 Å². The van der Waals surface area contributed by atoms with Gasteiger partial charge in [-0.05, 0) is 69.6 Å². The third-order valence-corrected chi connectivity index (χ3v) is 7.64. The molecule has 0 atom stereocenters. The molecular weight excluding hydrogens is 574 g/mol. The van der Waals surface area contributed by atoms with Crippen LogP contribution >= 0.6 is 39.3 Å². The average Bonchev–Trinajstić information content (AvgIpc) is 3.16. The zero-order valence-corrected chi connectivity index (χ0v) is 22.9. The molecule has 1 heterocycles. The zero-order valence-electron chi connectivity index (χ0n) is 19.7. The van der Waals surface area contributed by atoms with E-state index in [9.17, 15) is 9.59 Å². The van der Waals surface area contributed by atoms with Crippen molar-refractivity contribution in [3.05, 3.63) is 110 Å². The Balaban J connectivity index is 1.36. The highest BCUT2D eigenvalue weighted by Gasteiger charge is 2.35. The molecule has 0 saturated carbocycles. The number of hydrogen-bond acceptors (Lipinski definition) is 5. The van der Waals surface area contributed by atoms with E-state index in [1.165, 1.54) is 12.0 Å². The zero-order chi connectivity index (χ0) is 25.9. The van der Waals surface area contributed by atoms with Crippen LogP contribution in [0.15, 0.2) is 88.2 Å². The molecule has 4 aromatic carbocycles. The van der Waals surface area contributed by atoms with Gasteiger partial charge in [-0.2, -0.15) is 0 Å². The lowest BCUT2D eigenvalue weighted by molar-refractivity contribution is -0.123. The number of benzene rings is 4. The Kier molecular flexibility index (Phi) is 7.55. The van der Waals surface area contributed by atoms with Gasteiger partial charge in [0.25, 0.3) is 11.1 Å². The third-order valence-electron chi connectivity index (χ3n) is 5.93. The first-order chi connectivity index (χ1) is 17.9. The molecule has 4 aromatic rings. The van der Waals surface area contributed by atoms with Crippen molar-refractivity contribution in [3.8, 4) is 11.5 Å². The van der Waals surface area contributed by atoms with E-state index < -0.39 is 0 Å². The molecule has 0 unspecified atom stereocenters.